The van der Waals surface area contributed by atoms with Crippen LogP contribution in [0.1, 0.15) is 32.3 Å². The van der Waals surface area contributed by atoms with Gasteiger partial charge in [0.1, 0.15) is 5.75 Å². The molecule has 0 spiro atoms. The molecule has 2 rings (SSSR count). The van der Waals surface area contributed by atoms with Crippen molar-refractivity contribution >= 4 is 23.2 Å². The second-order valence-electron chi connectivity index (χ2n) is 5.42. The fourth-order valence-electron chi connectivity index (χ4n) is 2.13. The second-order valence-corrected chi connectivity index (χ2v) is 5.83. The van der Waals surface area contributed by atoms with Crippen molar-refractivity contribution in [2.24, 2.45) is 0 Å². The van der Waals surface area contributed by atoms with E-state index >= 15 is 0 Å². The highest BCUT2D eigenvalue weighted by atomic mass is 35.5. The van der Waals surface area contributed by atoms with E-state index in [2.05, 4.69) is 19.2 Å². The van der Waals surface area contributed by atoms with Crippen LogP contribution >= 0.6 is 11.6 Å². The minimum absolute atomic E-state index is 0.201. The van der Waals surface area contributed by atoms with Crippen LogP contribution < -0.4 is 10.1 Å². The maximum absolute atomic E-state index is 12.3. The molecule has 0 saturated carbocycles. The highest BCUT2D eigenvalue weighted by Gasteiger charge is 2.17. The van der Waals surface area contributed by atoms with Crippen LogP contribution in [0, 0.1) is 0 Å². The minimum atomic E-state index is -0.639. The fourth-order valence-corrected chi connectivity index (χ4v) is 2.31. The summed E-state index contributed by atoms with van der Waals surface area (Å²) in [7, 11) is 0. The molecule has 116 valence electrons. The van der Waals surface area contributed by atoms with Gasteiger partial charge in [-0.25, -0.2) is 0 Å². The van der Waals surface area contributed by atoms with Gasteiger partial charge in [0.2, 0.25) is 0 Å². The molecule has 0 aliphatic rings. The Morgan fingerprint density at radius 3 is 2.36 bits per heavy atom. The zero-order valence-corrected chi connectivity index (χ0v) is 13.7. The molecule has 1 N–H and O–H groups in total. The summed E-state index contributed by atoms with van der Waals surface area (Å²) in [6.45, 7) is 5.89. The Hall–Kier alpha value is -2.00. The first-order valence-corrected chi connectivity index (χ1v) is 7.67. The maximum atomic E-state index is 12.3. The quantitative estimate of drug-likeness (QED) is 0.854. The summed E-state index contributed by atoms with van der Waals surface area (Å²) in [4.78, 5) is 12.3. The number of para-hydroxylation sites is 2. The van der Waals surface area contributed by atoms with Crippen molar-refractivity contribution < 1.29 is 9.53 Å². The van der Waals surface area contributed by atoms with Gasteiger partial charge < -0.3 is 10.1 Å². The average molecular weight is 318 g/mol. The molecule has 2 aromatic rings. The Kier molecular flexibility index (Phi) is 5.45. The van der Waals surface area contributed by atoms with Crippen molar-refractivity contribution in [2.75, 3.05) is 5.32 Å². The lowest BCUT2D eigenvalue weighted by atomic mass is 10.0. The van der Waals surface area contributed by atoms with Crippen molar-refractivity contribution in [1.29, 1.82) is 0 Å². The number of ether oxygens (including phenoxy) is 1. The Morgan fingerprint density at radius 2 is 1.68 bits per heavy atom. The Morgan fingerprint density at radius 1 is 1.05 bits per heavy atom. The number of hydrogen-bond donors (Lipinski definition) is 1. The van der Waals surface area contributed by atoms with E-state index < -0.39 is 6.10 Å². The van der Waals surface area contributed by atoms with E-state index in [0.717, 1.165) is 11.3 Å². The van der Waals surface area contributed by atoms with Gasteiger partial charge in [-0.05, 0) is 36.6 Å². The van der Waals surface area contributed by atoms with Crippen molar-refractivity contribution in [3.05, 3.63) is 59.1 Å². The summed E-state index contributed by atoms with van der Waals surface area (Å²) >= 11 is 6.04. The Labute approximate surface area is 136 Å². The largest absolute Gasteiger partial charge is 0.479 e. The number of carbonyl (C=O) groups is 1. The summed E-state index contributed by atoms with van der Waals surface area (Å²) < 4.78 is 5.64. The van der Waals surface area contributed by atoms with E-state index in [1.807, 2.05) is 36.4 Å². The molecule has 4 heteroatoms. The molecule has 0 unspecified atom stereocenters. The third-order valence-corrected chi connectivity index (χ3v) is 3.66. The molecule has 0 radical (unpaired) electrons. The average Bonchev–Trinajstić information content (AvgIpc) is 2.49. The Bertz CT molecular complexity index is 655. The molecule has 0 fully saturated rings. The summed E-state index contributed by atoms with van der Waals surface area (Å²) in [5.74, 6) is 0.633. The summed E-state index contributed by atoms with van der Waals surface area (Å²) in [5, 5.41) is 3.41. The van der Waals surface area contributed by atoms with Gasteiger partial charge in [0.25, 0.3) is 5.91 Å². The van der Waals surface area contributed by atoms with E-state index in [1.165, 1.54) is 0 Å². The van der Waals surface area contributed by atoms with Crippen LogP contribution in [-0.4, -0.2) is 12.0 Å². The monoisotopic (exact) mass is 317 g/mol. The number of anilines is 1. The van der Waals surface area contributed by atoms with Crippen molar-refractivity contribution in [1.82, 2.24) is 0 Å². The van der Waals surface area contributed by atoms with E-state index in [9.17, 15) is 4.79 Å². The molecule has 0 heterocycles. The van der Waals surface area contributed by atoms with Gasteiger partial charge in [-0.3, -0.25) is 4.79 Å². The molecule has 0 bridgehead atoms. The number of hydrogen-bond acceptors (Lipinski definition) is 2. The van der Waals surface area contributed by atoms with E-state index in [-0.39, 0.29) is 5.91 Å². The fraction of sp³-hybridized carbons (Fsp3) is 0.278. The predicted molar refractivity (Wildman–Crippen MR) is 90.7 cm³/mol. The van der Waals surface area contributed by atoms with Crippen LogP contribution in [0.5, 0.6) is 5.75 Å². The first kappa shape index (κ1) is 16.4. The van der Waals surface area contributed by atoms with Crippen LogP contribution in [0.2, 0.25) is 5.02 Å². The van der Waals surface area contributed by atoms with Crippen molar-refractivity contribution in [3.63, 3.8) is 0 Å². The molecular formula is C18H20ClNO2. The first-order valence-electron chi connectivity index (χ1n) is 7.30. The van der Waals surface area contributed by atoms with Crippen molar-refractivity contribution in [2.45, 2.75) is 32.8 Å². The maximum Gasteiger partial charge on any atom is 0.265 e. The summed E-state index contributed by atoms with van der Waals surface area (Å²) in [5.41, 5.74) is 1.91. The minimum Gasteiger partial charge on any atom is -0.479 e. The van der Waals surface area contributed by atoms with Gasteiger partial charge in [-0.2, -0.15) is 0 Å². The number of nitrogens with one attached hydrogen (secondary N) is 1. The van der Waals surface area contributed by atoms with Gasteiger partial charge in [0.15, 0.2) is 6.10 Å². The van der Waals surface area contributed by atoms with Crippen LogP contribution in [-0.2, 0) is 4.79 Å². The standard InChI is InChI=1S/C18H20ClNO2/c1-12(2)14-8-4-6-10-16(14)20-18(21)13(3)22-17-11-7-5-9-15(17)19/h4-13H,1-3H3,(H,20,21)/t13-/m0/s1. The molecule has 2 aromatic carbocycles. The first-order chi connectivity index (χ1) is 10.5. The second kappa shape index (κ2) is 7.32. The molecule has 1 amide bonds. The van der Waals surface area contributed by atoms with Crippen molar-refractivity contribution in [3.8, 4) is 5.75 Å². The molecule has 0 aliphatic carbocycles. The highest BCUT2D eigenvalue weighted by Crippen LogP contribution is 2.26. The number of amides is 1. The SMILES string of the molecule is CC(C)c1ccccc1NC(=O)[C@H](C)Oc1ccccc1Cl. The smallest absolute Gasteiger partial charge is 0.265 e. The predicted octanol–water partition coefficient (Wildman–Crippen LogP) is 4.87. The zero-order chi connectivity index (χ0) is 16.1. The molecule has 3 nitrogen and oxygen atoms in total. The van der Waals surface area contributed by atoms with Gasteiger partial charge in [-0.15, -0.1) is 0 Å². The normalized spacial score (nSPS) is 12.0. The lowest BCUT2D eigenvalue weighted by Crippen LogP contribution is -2.30. The van der Waals surface area contributed by atoms with Crippen LogP contribution in [0.25, 0.3) is 0 Å². The van der Waals surface area contributed by atoms with Gasteiger partial charge >= 0.3 is 0 Å². The zero-order valence-electron chi connectivity index (χ0n) is 13.0. The Balaban J connectivity index is 2.08. The lowest BCUT2D eigenvalue weighted by molar-refractivity contribution is -0.122. The van der Waals surface area contributed by atoms with E-state index in [1.54, 1.807) is 19.1 Å². The third-order valence-electron chi connectivity index (χ3n) is 3.35. The molecular weight excluding hydrogens is 298 g/mol. The number of carbonyl (C=O) groups excluding carboxylic acids is 1. The number of benzene rings is 2. The van der Waals surface area contributed by atoms with Crippen LogP contribution in [0.15, 0.2) is 48.5 Å². The summed E-state index contributed by atoms with van der Waals surface area (Å²) in [6.07, 6.45) is -0.639. The number of halogens is 1. The highest BCUT2D eigenvalue weighted by molar-refractivity contribution is 6.32. The topological polar surface area (TPSA) is 38.3 Å². The molecule has 22 heavy (non-hydrogen) atoms. The van der Waals surface area contributed by atoms with Gasteiger partial charge in [0, 0.05) is 5.69 Å². The molecule has 1 atom stereocenters. The molecule has 0 aliphatic heterocycles. The van der Waals surface area contributed by atoms with Crippen LogP contribution in [0.4, 0.5) is 5.69 Å². The summed E-state index contributed by atoms with van der Waals surface area (Å²) in [6, 6.07) is 14.9. The third kappa shape index (κ3) is 4.01. The molecule has 0 saturated heterocycles. The lowest BCUT2D eigenvalue weighted by Gasteiger charge is -2.18. The molecule has 0 aromatic heterocycles. The van der Waals surface area contributed by atoms with Gasteiger partial charge in [-0.1, -0.05) is 55.8 Å². The van der Waals surface area contributed by atoms with Crippen LogP contribution in [0.3, 0.4) is 0 Å². The number of rotatable bonds is 5. The van der Waals surface area contributed by atoms with E-state index in [0.29, 0.717) is 16.7 Å². The van der Waals surface area contributed by atoms with Gasteiger partial charge in [0.05, 0.1) is 5.02 Å². The van der Waals surface area contributed by atoms with E-state index in [4.69, 9.17) is 16.3 Å².